The van der Waals surface area contributed by atoms with Gasteiger partial charge in [-0.25, -0.2) is 0 Å². The van der Waals surface area contributed by atoms with Gasteiger partial charge in [0.15, 0.2) is 11.5 Å². The van der Waals surface area contributed by atoms with Crippen LogP contribution in [0.4, 0.5) is 5.69 Å². The summed E-state index contributed by atoms with van der Waals surface area (Å²) >= 11 is 0. The molecule has 0 radical (unpaired) electrons. The van der Waals surface area contributed by atoms with Gasteiger partial charge >= 0.3 is 0 Å². The molecule has 1 unspecified atom stereocenters. The van der Waals surface area contributed by atoms with Gasteiger partial charge in [0.25, 0.3) is 0 Å². The monoisotopic (exact) mass is 552 g/mol. The minimum absolute atomic E-state index is 0. The zero-order chi connectivity index (χ0) is 24.7. The number of benzene rings is 3. The van der Waals surface area contributed by atoms with Crippen molar-refractivity contribution in [3.8, 4) is 23.0 Å². The van der Waals surface area contributed by atoms with Gasteiger partial charge in [-0.1, -0.05) is 18.2 Å². The molecule has 3 aromatic carbocycles. The molecular formula is C31H34Cl2N2O3. The number of aromatic nitrogens is 1. The molecule has 1 saturated carbocycles. The van der Waals surface area contributed by atoms with E-state index in [-0.39, 0.29) is 36.8 Å². The summed E-state index contributed by atoms with van der Waals surface area (Å²) in [6.07, 6.45) is 9.45. The highest BCUT2D eigenvalue weighted by molar-refractivity contribution is 5.85. The first-order chi connectivity index (χ1) is 17.7. The van der Waals surface area contributed by atoms with Gasteiger partial charge in [0, 0.05) is 24.0 Å². The van der Waals surface area contributed by atoms with Gasteiger partial charge in [-0.3, -0.25) is 4.98 Å². The first-order valence-corrected chi connectivity index (χ1v) is 12.5. The Bertz CT molecular complexity index is 1260. The average Bonchev–Trinajstić information content (AvgIpc) is 3.43. The molecule has 0 aliphatic heterocycles. The predicted molar refractivity (Wildman–Crippen MR) is 158 cm³/mol. The van der Waals surface area contributed by atoms with E-state index in [0.29, 0.717) is 5.69 Å². The Morgan fingerprint density at radius 3 is 2.03 bits per heavy atom. The lowest BCUT2D eigenvalue weighted by molar-refractivity contribution is 0.200. The van der Waals surface area contributed by atoms with Crippen LogP contribution in [0.15, 0.2) is 91.3 Å². The smallest absolute Gasteiger partial charge is 0.161 e. The average molecular weight is 554 g/mol. The molecular weight excluding hydrogens is 519 g/mol. The number of rotatable bonds is 9. The summed E-state index contributed by atoms with van der Waals surface area (Å²) in [5.41, 5.74) is 10.1. The van der Waals surface area contributed by atoms with E-state index < -0.39 is 0 Å². The molecule has 0 bridgehead atoms. The second-order valence-corrected chi connectivity index (χ2v) is 9.29. The highest BCUT2D eigenvalue weighted by Gasteiger charge is 2.21. The quantitative estimate of drug-likeness (QED) is 0.213. The Hall–Kier alpha value is -3.41. The molecule has 1 aliphatic carbocycles. The van der Waals surface area contributed by atoms with Crippen molar-refractivity contribution in [3.63, 3.8) is 0 Å². The summed E-state index contributed by atoms with van der Waals surface area (Å²) in [7, 11) is 1.70. The number of hydrogen-bond donors (Lipinski definition) is 1. The van der Waals surface area contributed by atoms with Gasteiger partial charge in [0.1, 0.15) is 11.5 Å². The lowest BCUT2D eigenvalue weighted by Crippen LogP contribution is -2.12. The minimum atomic E-state index is 0. The van der Waals surface area contributed by atoms with E-state index in [0.717, 1.165) is 42.3 Å². The van der Waals surface area contributed by atoms with Crippen molar-refractivity contribution in [1.82, 2.24) is 4.98 Å². The Kier molecular flexibility index (Phi) is 10.7. The van der Waals surface area contributed by atoms with Crippen LogP contribution in [0.1, 0.15) is 48.3 Å². The minimum Gasteiger partial charge on any atom is -0.493 e. The zero-order valence-corrected chi connectivity index (χ0v) is 23.0. The van der Waals surface area contributed by atoms with Crippen molar-refractivity contribution in [3.05, 3.63) is 108 Å². The number of methoxy groups -OCH3 is 1. The van der Waals surface area contributed by atoms with Crippen molar-refractivity contribution in [2.75, 3.05) is 12.8 Å². The highest BCUT2D eigenvalue weighted by Crippen LogP contribution is 2.38. The van der Waals surface area contributed by atoms with Crippen LogP contribution in [0.25, 0.3) is 0 Å². The van der Waals surface area contributed by atoms with E-state index >= 15 is 0 Å². The molecule has 5 nitrogen and oxygen atoms in total. The second kappa shape index (κ2) is 13.9. The molecule has 0 spiro atoms. The van der Waals surface area contributed by atoms with Crippen molar-refractivity contribution in [2.24, 2.45) is 0 Å². The molecule has 2 N–H and O–H groups in total. The van der Waals surface area contributed by atoms with Crippen LogP contribution in [-0.2, 0) is 6.42 Å². The van der Waals surface area contributed by atoms with Crippen molar-refractivity contribution >= 4 is 30.5 Å². The third-order valence-corrected chi connectivity index (χ3v) is 6.77. The molecule has 1 atom stereocenters. The third-order valence-electron chi connectivity index (χ3n) is 6.77. The number of nitrogens with zero attached hydrogens (tertiary/aromatic N) is 1. The zero-order valence-electron chi connectivity index (χ0n) is 21.4. The van der Waals surface area contributed by atoms with E-state index in [1.165, 1.54) is 29.5 Å². The number of halogens is 2. The topological polar surface area (TPSA) is 66.6 Å². The fraction of sp³-hybridized carbons (Fsp3) is 0.258. The summed E-state index contributed by atoms with van der Waals surface area (Å²) < 4.78 is 18.1. The van der Waals surface area contributed by atoms with E-state index in [9.17, 15) is 0 Å². The number of pyridine rings is 1. The number of ether oxygens (including phenoxy) is 3. The summed E-state index contributed by atoms with van der Waals surface area (Å²) in [6.45, 7) is 0. The number of hydrogen-bond acceptors (Lipinski definition) is 5. The lowest BCUT2D eigenvalue weighted by atomic mass is 9.86. The molecule has 38 heavy (non-hydrogen) atoms. The predicted octanol–water partition coefficient (Wildman–Crippen LogP) is 8.00. The fourth-order valence-electron chi connectivity index (χ4n) is 4.81. The second-order valence-electron chi connectivity index (χ2n) is 9.29. The summed E-state index contributed by atoms with van der Waals surface area (Å²) in [5.74, 6) is 3.28. The molecule has 5 rings (SSSR count). The van der Waals surface area contributed by atoms with Gasteiger partial charge in [0.05, 0.1) is 13.2 Å². The van der Waals surface area contributed by atoms with Crippen LogP contribution < -0.4 is 19.9 Å². The molecule has 0 saturated heterocycles. The van der Waals surface area contributed by atoms with E-state index in [1.54, 1.807) is 7.11 Å². The SMILES string of the molecule is COc1ccc(C(Cc2ccncc2)c2ccc(Oc3ccc(N)cc3)cc2)cc1OC1CCCC1.Cl.Cl. The van der Waals surface area contributed by atoms with Gasteiger partial charge < -0.3 is 19.9 Å². The van der Waals surface area contributed by atoms with Crippen LogP contribution in [0.2, 0.25) is 0 Å². The normalized spacial score (nSPS) is 13.6. The molecule has 1 heterocycles. The first kappa shape index (κ1) is 29.2. The standard InChI is InChI=1S/C31H32N2O3.2ClH/c1-34-30-15-8-24(21-31(30)36-26-4-2-3-5-26)29(20-22-16-18-33-19-17-22)23-6-11-27(12-7-23)35-28-13-9-25(32)10-14-28;;/h6-19,21,26,29H,2-5,20,32H2,1H3;2*1H. The van der Waals surface area contributed by atoms with E-state index in [4.69, 9.17) is 19.9 Å². The summed E-state index contributed by atoms with van der Waals surface area (Å²) in [6, 6.07) is 26.2. The number of anilines is 1. The van der Waals surface area contributed by atoms with E-state index in [1.807, 2.05) is 54.9 Å². The molecule has 0 amide bonds. The fourth-order valence-corrected chi connectivity index (χ4v) is 4.81. The van der Waals surface area contributed by atoms with Gasteiger partial charge in [-0.05, 0) is 109 Å². The lowest BCUT2D eigenvalue weighted by Gasteiger charge is -2.22. The number of nitrogens with two attached hydrogens (primary N) is 1. The van der Waals surface area contributed by atoms with Gasteiger partial charge in [0.2, 0.25) is 0 Å². The molecule has 1 aliphatic rings. The van der Waals surface area contributed by atoms with Crippen molar-refractivity contribution in [2.45, 2.75) is 44.1 Å². The molecule has 7 heteroatoms. The van der Waals surface area contributed by atoms with Crippen LogP contribution in [0.3, 0.4) is 0 Å². The molecule has 1 aromatic heterocycles. The van der Waals surface area contributed by atoms with E-state index in [2.05, 4.69) is 41.4 Å². The maximum absolute atomic E-state index is 6.40. The summed E-state index contributed by atoms with van der Waals surface area (Å²) in [4.78, 5) is 4.19. The Balaban J connectivity index is 0.00000200. The molecule has 1 fully saturated rings. The van der Waals surface area contributed by atoms with Crippen LogP contribution >= 0.6 is 24.8 Å². The molecule has 200 valence electrons. The number of nitrogen functional groups attached to an aromatic ring is 1. The Labute approximate surface area is 237 Å². The molecule has 4 aromatic rings. The third kappa shape index (κ3) is 7.33. The maximum Gasteiger partial charge on any atom is 0.161 e. The van der Waals surface area contributed by atoms with Gasteiger partial charge in [-0.15, -0.1) is 24.8 Å². The summed E-state index contributed by atoms with van der Waals surface area (Å²) in [5, 5.41) is 0. The highest BCUT2D eigenvalue weighted by atomic mass is 35.5. The Morgan fingerprint density at radius 2 is 1.39 bits per heavy atom. The van der Waals surface area contributed by atoms with Gasteiger partial charge in [-0.2, -0.15) is 0 Å². The Morgan fingerprint density at radius 1 is 0.789 bits per heavy atom. The first-order valence-electron chi connectivity index (χ1n) is 12.5. The van der Waals surface area contributed by atoms with Crippen LogP contribution in [0, 0.1) is 0 Å². The van der Waals surface area contributed by atoms with Crippen LogP contribution in [0.5, 0.6) is 23.0 Å². The van der Waals surface area contributed by atoms with Crippen molar-refractivity contribution in [1.29, 1.82) is 0 Å². The maximum atomic E-state index is 6.40. The van der Waals surface area contributed by atoms with Crippen LogP contribution in [-0.4, -0.2) is 18.2 Å². The largest absolute Gasteiger partial charge is 0.493 e. The van der Waals surface area contributed by atoms with Crippen molar-refractivity contribution < 1.29 is 14.2 Å².